The summed E-state index contributed by atoms with van der Waals surface area (Å²) < 4.78 is 5.33. The first-order valence-corrected chi connectivity index (χ1v) is 6.43. The number of ether oxygens (including phenoxy) is 1. The fourth-order valence-corrected chi connectivity index (χ4v) is 1.95. The van der Waals surface area contributed by atoms with Gasteiger partial charge in [-0.2, -0.15) is 0 Å². The summed E-state index contributed by atoms with van der Waals surface area (Å²) in [5.74, 6) is -0.541. The van der Waals surface area contributed by atoms with Gasteiger partial charge in [-0.25, -0.2) is 0 Å². The maximum atomic E-state index is 12.0. The van der Waals surface area contributed by atoms with Gasteiger partial charge in [0, 0.05) is 13.1 Å². The van der Waals surface area contributed by atoms with Crippen molar-refractivity contribution in [2.75, 3.05) is 26.8 Å². The molecule has 1 rings (SSSR count). The van der Waals surface area contributed by atoms with Crippen molar-refractivity contribution in [2.24, 2.45) is 5.92 Å². The van der Waals surface area contributed by atoms with Gasteiger partial charge in [0.25, 0.3) is 0 Å². The van der Waals surface area contributed by atoms with Crippen LogP contribution in [-0.2, 0) is 14.3 Å². The van der Waals surface area contributed by atoms with Gasteiger partial charge in [0.1, 0.15) is 6.04 Å². The standard InChI is InChI=1S/C12H23N3O3/c1-4-5-14-10-7-18-6-9(10)12(17)15-8(2)11(16)13-3/h8-10,14H,4-7H2,1-3H3,(H,13,16)(H,15,17). The molecule has 0 saturated carbocycles. The van der Waals surface area contributed by atoms with E-state index in [0.29, 0.717) is 13.2 Å². The molecule has 3 unspecified atom stereocenters. The molecule has 1 aliphatic heterocycles. The first-order valence-electron chi connectivity index (χ1n) is 6.43. The van der Waals surface area contributed by atoms with Crippen LogP contribution in [0.5, 0.6) is 0 Å². The molecule has 1 fully saturated rings. The van der Waals surface area contributed by atoms with Crippen LogP contribution in [0.1, 0.15) is 20.3 Å². The number of hydrogen-bond acceptors (Lipinski definition) is 4. The molecule has 0 radical (unpaired) electrons. The zero-order valence-electron chi connectivity index (χ0n) is 11.3. The molecule has 0 spiro atoms. The third kappa shape index (κ3) is 3.96. The van der Waals surface area contributed by atoms with Crippen LogP contribution in [0.3, 0.4) is 0 Å². The maximum absolute atomic E-state index is 12.0. The smallest absolute Gasteiger partial charge is 0.242 e. The Bertz CT molecular complexity index is 296. The number of rotatable bonds is 6. The van der Waals surface area contributed by atoms with Crippen LogP contribution < -0.4 is 16.0 Å². The minimum absolute atomic E-state index is 0.0434. The minimum atomic E-state index is -0.519. The molecule has 0 aromatic heterocycles. The minimum Gasteiger partial charge on any atom is -0.379 e. The van der Waals surface area contributed by atoms with E-state index in [1.54, 1.807) is 14.0 Å². The molecule has 0 aromatic carbocycles. The van der Waals surface area contributed by atoms with E-state index in [0.717, 1.165) is 13.0 Å². The number of carbonyl (C=O) groups excluding carboxylic acids is 2. The van der Waals surface area contributed by atoms with Gasteiger partial charge in [-0.05, 0) is 19.9 Å². The SMILES string of the molecule is CCCNC1COCC1C(=O)NC(C)C(=O)NC. The van der Waals surface area contributed by atoms with Crippen LogP contribution in [0.4, 0.5) is 0 Å². The van der Waals surface area contributed by atoms with E-state index in [4.69, 9.17) is 4.74 Å². The molecule has 0 aromatic rings. The topological polar surface area (TPSA) is 79.5 Å². The molecule has 0 aliphatic carbocycles. The lowest BCUT2D eigenvalue weighted by atomic mass is 10.0. The van der Waals surface area contributed by atoms with Gasteiger partial charge in [-0.3, -0.25) is 9.59 Å². The van der Waals surface area contributed by atoms with Crippen molar-refractivity contribution in [1.82, 2.24) is 16.0 Å². The number of carbonyl (C=O) groups is 2. The van der Waals surface area contributed by atoms with Crippen LogP contribution in [0, 0.1) is 5.92 Å². The highest BCUT2D eigenvalue weighted by Gasteiger charge is 2.34. The average molecular weight is 257 g/mol. The Hall–Kier alpha value is -1.14. The molecular weight excluding hydrogens is 234 g/mol. The van der Waals surface area contributed by atoms with Crippen LogP contribution in [0.2, 0.25) is 0 Å². The molecule has 6 heteroatoms. The quantitative estimate of drug-likeness (QED) is 0.585. The van der Waals surface area contributed by atoms with Gasteiger partial charge in [-0.15, -0.1) is 0 Å². The third-order valence-corrected chi connectivity index (χ3v) is 3.07. The number of amides is 2. The van der Waals surface area contributed by atoms with Crippen molar-refractivity contribution in [3.05, 3.63) is 0 Å². The first-order chi connectivity index (χ1) is 8.60. The molecule has 18 heavy (non-hydrogen) atoms. The fourth-order valence-electron chi connectivity index (χ4n) is 1.95. The van der Waals surface area contributed by atoms with Crippen LogP contribution in [0.25, 0.3) is 0 Å². The van der Waals surface area contributed by atoms with Gasteiger partial charge in [0.2, 0.25) is 11.8 Å². The Labute approximate surface area is 108 Å². The van der Waals surface area contributed by atoms with Gasteiger partial charge in [0.05, 0.1) is 19.1 Å². The molecule has 3 atom stereocenters. The van der Waals surface area contributed by atoms with Crippen molar-refractivity contribution in [3.8, 4) is 0 Å². The Morgan fingerprint density at radius 3 is 2.72 bits per heavy atom. The predicted molar refractivity (Wildman–Crippen MR) is 68.1 cm³/mol. The summed E-state index contributed by atoms with van der Waals surface area (Å²) in [5, 5.41) is 8.51. The highest BCUT2D eigenvalue weighted by Crippen LogP contribution is 2.14. The van der Waals surface area contributed by atoms with Gasteiger partial charge in [0.15, 0.2) is 0 Å². The summed E-state index contributed by atoms with van der Waals surface area (Å²) >= 11 is 0. The Kier molecular flexibility index (Phi) is 6.07. The Morgan fingerprint density at radius 2 is 2.11 bits per heavy atom. The normalized spacial score (nSPS) is 24.6. The van der Waals surface area contributed by atoms with Crippen molar-refractivity contribution < 1.29 is 14.3 Å². The van der Waals surface area contributed by atoms with E-state index in [2.05, 4.69) is 22.9 Å². The summed E-state index contributed by atoms with van der Waals surface area (Å²) in [6, 6.07) is -0.475. The fraction of sp³-hybridized carbons (Fsp3) is 0.833. The summed E-state index contributed by atoms with van der Waals surface area (Å²) in [6.45, 7) is 5.56. The molecular formula is C12H23N3O3. The van der Waals surface area contributed by atoms with Crippen molar-refractivity contribution >= 4 is 11.8 Å². The van der Waals surface area contributed by atoms with E-state index < -0.39 is 6.04 Å². The van der Waals surface area contributed by atoms with Crippen LogP contribution in [0.15, 0.2) is 0 Å². The molecule has 104 valence electrons. The summed E-state index contributed by atoms with van der Waals surface area (Å²) in [7, 11) is 1.55. The highest BCUT2D eigenvalue weighted by molar-refractivity contribution is 5.88. The maximum Gasteiger partial charge on any atom is 0.242 e. The monoisotopic (exact) mass is 257 g/mol. The van der Waals surface area contributed by atoms with Crippen molar-refractivity contribution in [3.63, 3.8) is 0 Å². The van der Waals surface area contributed by atoms with Crippen LogP contribution >= 0.6 is 0 Å². The van der Waals surface area contributed by atoms with E-state index in [-0.39, 0.29) is 23.8 Å². The molecule has 3 N–H and O–H groups in total. The lowest BCUT2D eigenvalue weighted by Crippen LogP contribution is -2.50. The molecule has 0 bridgehead atoms. The largest absolute Gasteiger partial charge is 0.379 e. The van der Waals surface area contributed by atoms with Crippen molar-refractivity contribution in [1.29, 1.82) is 0 Å². The van der Waals surface area contributed by atoms with Gasteiger partial charge >= 0.3 is 0 Å². The van der Waals surface area contributed by atoms with E-state index in [9.17, 15) is 9.59 Å². The summed E-state index contributed by atoms with van der Waals surface area (Å²) in [4.78, 5) is 23.4. The third-order valence-electron chi connectivity index (χ3n) is 3.07. The van der Waals surface area contributed by atoms with E-state index >= 15 is 0 Å². The van der Waals surface area contributed by atoms with E-state index in [1.165, 1.54) is 0 Å². The molecule has 1 aliphatic rings. The second kappa shape index (κ2) is 7.33. The number of likely N-dealkylation sites (N-methyl/N-ethyl adjacent to an activating group) is 1. The first kappa shape index (κ1) is 14.9. The zero-order valence-corrected chi connectivity index (χ0v) is 11.3. The molecule has 1 heterocycles. The average Bonchev–Trinajstić information content (AvgIpc) is 2.83. The summed E-state index contributed by atoms with van der Waals surface area (Å²) in [5.41, 5.74) is 0. The number of nitrogens with one attached hydrogen (secondary N) is 3. The Balaban J connectivity index is 2.47. The predicted octanol–water partition coefficient (Wildman–Crippen LogP) is -0.748. The second-order valence-corrected chi connectivity index (χ2v) is 4.55. The second-order valence-electron chi connectivity index (χ2n) is 4.55. The molecule has 1 saturated heterocycles. The van der Waals surface area contributed by atoms with Gasteiger partial charge < -0.3 is 20.7 Å². The Morgan fingerprint density at radius 1 is 1.39 bits per heavy atom. The molecule has 2 amide bonds. The summed E-state index contributed by atoms with van der Waals surface area (Å²) in [6.07, 6.45) is 1.01. The lowest BCUT2D eigenvalue weighted by molar-refractivity contribution is -0.130. The number of hydrogen-bond donors (Lipinski definition) is 3. The van der Waals surface area contributed by atoms with Crippen molar-refractivity contribution in [2.45, 2.75) is 32.4 Å². The zero-order chi connectivity index (χ0) is 13.5. The van der Waals surface area contributed by atoms with Gasteiger partial charge in [-0.1, -0.05) is 6.92 Å². The van der Waals surface area contributed by atoms with Crippen LogP contribution in [-0.4, -0.2) is 50.7 Å². The lowest BCUT2D eigenvalue weighted by Gasteiger charge is -2.20. The molecule has 6 nitrogen and oxygen atoms in total. The van der Waals surface area contributed by atoms with E-state index in [1.807, 2.05) is 0 Å². The highest BCUT2D eigenvalue weighted by atomic mass is 16.5.